The van der Waals surface area contributed by atoms with E-state index < -0.39 is 0 Å². The van der Waals surface area contributed by atoms with E-state index >= 15 is 0 Å². The van der Waals surface area contributed by atoms with Crippen LogP contribution in [0.2, 0.25) is 0 Å². The number of H-pyrrole nitrogens is 1. The summed E-state index contributed by atoms with van der Waals surface area (Å²) < 4.78 is 0. The summed E-state index contributed by atoms with van der Waals surface area (Å²) in [5.41, 5.74) is 3.70. The smallest absolute Gasteiger partial charge is 0.262 e. The summed E-state index contributed by atoms with van der Waals surface area (Å²) in [5.74, 6) is 0.464. The number of pyridine rings is 1. The zero-order chi connectivity index (χ0) is 21.2. The van der Waals surface area contributed by atoms with Crippen LogP contribution in [0, 0.1) is 0 Å². The molecule has 4 aromatic rings. The molecule has 1 aliphatic carbocycles. The maximum atomic E-state index is 13.0. The molecule has 0 fully saturated rings. The molecule has 2 heterocycles. The average Bonchev–Trinajstić information content (AvgIpc) is 2.80. The number of nitrogens with one attached hydrogen (secondary N) is 2. The quantitative estimate of drug-likeness (QED) is 0.521. The van der Waals surface area contributed by atoms with Crippen molar-refractivity contribution in [1.29, 1.82) is 0 Å². The van der Waals surface area contributed by atoms with Crippen LogP contribution in [0.3, 0.4) is 0 Å². The minimum Gasteiger partial charge on any atom is -0.355 e. The van der Waals surface area contributed by atoms with Crippen LogP contribution >= 0.6 is 0 Å². The lowest BCUT2D eigenvalue weighted by atomic mass is 9.79. The summed E-state index contributed by atoms with van der Waals surface area (Å²) >= 11 is 0. The Morgan fingerprint density at radius 3 is 2.48 bits per heavy atom. The first-order valence-corrected chi connectivity index (χ1v) is 10.5. The molecule has 0 spiro atoms. The van der Waals surface area contributed by atoms with E-state index in [-0.39, 0.29) is 17.3 Å². The number of carbonyl (C=O) groups is 1. The number of fused-ring (bicyclic) bond motifs is 3. The number of ketones is 1. The SMILES string of the molecule is O=C1C[C@@H](c2ccccc2)Cc2c1cnc1nc(NCCc3ccccc3)[nH]c(=O)c21. The van der Waals surface area contributed by atoms with Crippen LogP contribution in [0.5, 0.6) is 0 Å². The van der Waals surface area contributed by atoms with Gasteiger partial charge in [0.1, 0.15) is 0 Å². The fourth-order valence-corrected chi connectivity index (χ4v) is 4.28. The highest BCUT2D eigenvalue weighted by atomic mass is 16.1. The zero-order valence-corrected chi connectivity index (χ0v) is 17.0. The Morgan fingerprint density at radius 1 is 0.968 bits per heavy atom. The lowest BCUT2D eigenvalue weighted by molar-refractivity contribution is 0.0964. The van der Waals surface area contributed by atoms with Crippen molar-refractivity contribution in [3.8, 4) is 0 Å². The normalized spacial score (nSPS) is 15.6. The topological polar surface area (TPSA) is 87.7 Å². The van der Waals surface area contributed by atoms with Gasteiger partial charge in [-0.25, -0.2) is 4.98 Å². The van der Waals surface area contributed by atoms with E-state index in [1.54, 1.807) is 6.20 Å². The first kappa shape index (κ1) is 19.2. The fourth-order valence-electron chi connectivity index (χ4n) is 4.28. The Bertz CT molecular complexity index is 1300. The predicted molar refractivity (Wildman–Crippen MR) is 121 cm³/mol. The molecular formula is C25H22N4O2. The first-order chi connectivity index (χ1) is 15.2. The third-order valence-corrected chi connectivity index (χ3v) is 5.85. The van der Waals surface area contributed by atoms with Crippen molar-refractivity contribution in [2.24, 2.45) is 0 Å². The Morgan fingerprint density at radius 2 is 1.71 bits per heavy atom. The van der Waals surface area contributed by atoms with Crippen LogP contribution in [0.25, 0.3) is 11.0 Å². The number of nitrogens with zero attached hydrogens (tertiary/aromatic N) is 2. The van der Waals surface area contributed by atoms with Crippen LogP contribution in [-0.2, 0) is 12.8 Å². The van der Waals surface area contributed by atoms with E-state index in [9.17, 15) is 9.59 Å². The minimum absolute atomic E-state index is 0.0222. The monoisotopic (exact) mass is 410 g/mol. The van der Waals surface area contributed by atoms with Crippen LogP contribution in [-0.4, -0.2) is 27.3 Å². The molecule has 2 aromatic carbocycles. The van der Waals surface area contributed by atoms with Crippen molar-refractivity contribution in [3.05, 3.63) is 99.5 Å². The van der Waals surface area contributed by atoms with Gasteiger partial charge in [0, 0.05) is 24.7 Å². The molecule has 0 radical (unpaired) electrons. The standard InChI is InChI=1S/C25H22N4O2/c30-21-14-18(17-9-5-2-6-10-17)13-19-20(21)15-27-23-22(19)24(31)29-25(28-23)26-12-11-16-7-3-1-4-8-16/h1-10,15,18H,11-14H2,(H2,26,27,28,29,31)/t18-/m0/s1. The third-order valence-electron chi connectivity index (χ3n) is 5.85. The van der Waals surface area contributed by atoms with Gasteiger partial charge >= 0.3 is 0 Å². The number of benzene rings is 2. The summed E-state index contributed by atoms with van der Waals surface area (Å²) in [4.78, 5) is 37.4. The van der Waals surface area contributed by atoms with E-state index in [1.165, 1.54) is 5.56 Å². The molecule has 6 nitrogen and oxygen atoms in total. The van der Waals surface area contributed by atoms with Crippen LogP contribution in [0.4, 0.5) is 5.95 Å². The molecule has 6 heteroatoms. The fraction of sp³-hybridized carbons (Fsp3) is 0.200. The van der Waals surface area contributed by atoms with Gasteiger partial charge in [-0.3, -0.25) is 14.6 Å². The second-order valence-electron chi connectivity index (χ2n) is 7.86. The highest BCUT2D eigenvalue weighted by Gasteiger charge is 2.29. The van der Waals surface area contributed by atoms with Gasteiger partial charge in [-0.2, -0.15) is 4.98 Å². The number of hydrogen-bond acceptors (Lipinski definition) is 5. The second-order valence-corrected chi connectivity index (χ2v) is 7.86. The molecular weight excluding hydrogens is 388 g/mol. The molecule has 0 saturated carbocycles. The van der Waals surface area contributed by atoms with Crippen molar-refractivity contribution in [3.63, 3.8) is 0 Å². The zero-order valence-electron chi connectivity index (χ0n) is 17.0. The molecule has 0 bridgehead atoms. The Hall–Kier alpha value is -3.80. The maximum absolute atomic E-state index is 13.0. The first-order valence-electron chi connectivity index (χ1n) is 10.5. The van der Waals surface area contributed by atoms with Crippen LogP contribution < -0.4 is 10.9 Å². The number of rotatable bonds is 5. The molecule has 0 amide bonds. The number of aromatic nitrogens is 3. The summed E-state index contributed by atoms with van der Waals surface area (Å²) in [5, 5.41) is 3.59. The van der Waals surface area contributed by atoms with Crippen LogP contribution in [0.15, 0.2) is 71.7 Å². The van der Waals surface area contributed by atoms with E-state index in [1.807, 2.05) is 48.5 Å². The largest absolute Gasteiger partial charge is 0.355 e. The molecule has 1 atom stereocenters. The second kappa shape index (κ2) is 8.14. The van der Waals surface area contributed by atoms with Crippen molar-refractivity contribution in [1.82, 2.24) is 15.0 Å². The molecule has 154 valence electrons. The molecule has 31 heavy (non-hydrogen) atoms. The molecule has 1 aliphatic rings. The lowest BCUT2D eigenvalue weighted by Gasteiger charge is -2.24. The lowest BCUT2D eigenvalue weighted by Crippen LogP contribution is -2.23. The molecule has 0 aliphatic heterocycles. The van der Waals surface area contributed by atoms with E-state index in [0.717, 1.165) is 17.5 Å². The van der Waals surface area contributed by atoms with Gasteiger partial charge < -0.3 is 5.32 Å². The Kier molecular flexibility index (Phi) is 5.04. The van der Waals surface area contributed by atoms with Crippen molar-refractivity contribution in [2.75, 3.05) is 11.9 Å². The van der Waals surface area contributed by atoms with Crippen molar-refractivity contribution in [2.45, 2.75) is 25.2 Å². The number of hydrogen-bond donors (Lipinski definition) is 2. The van der Waals surface area contributed by atoms with E-state index in [0.29, 0.717) is 41.9 Å². The Balaban J connectivity index is 1.45. The third kappa shape index (κ3) is 3.84. The number of Topliss-reactive ketones (excluding diaryl/α,β-unsaturated/α-hetero) is 1. The summed E-state index contributed by atoms with van der Waals surface area (Å²) in [7, 11) is 0. The molecule has 2 aromatic heterocycles. The van der Waals surface area contributed by atoms with Gasteiger partial charge in [-0.15, -0.1) is 0 Å². The average molecular weight is 410 g/mol. The van der Waals surface area contributed by atoms with Crippen LogP contribution in [0.1, 0.15) is 39.4 Å². The van der Waals surface area contributed by atoms with E-state index in [4.69, 9.17) is 0 Å². The van der Waals surface area contributed by atoms with Gasteiger partial charge in [0.05, 0.1) is 5.39 Å². The molecule has 0 saturated heterocycles. The highest BCUT2D eigenvalue weighted by molar-refractivity contribution is 6.02. The number of aromatic amines is 1. The predicted octanol–water partition coefficient (Wildman–Crippen LogP) is 3.89. The van der Waals surface area contributed by atoms with Gasteiger partial charge in [0.15, 0.2) is 11.4 Å². The number of anilines is 1. The molecule has 0 unspecified atom stereocenters. The van der Waals surface area contributed by atoms with Gasteiger partial charge in [0.2, 0.25) is 5.95 Å². The summed E-state index contributed by atoms with van der Waals surface area (Å²) in [6, 6.07) is 20.1. The van der Waals surface area contributed by atoms with Gasteiger partial charge in [-0.05, 0) is 35.4 Å². The van der Waals surface area contributed by atoms with Crippen molar-refractivity contribution < 1.29 is 4.79 Å². The maximum Gasteiger partial charge on any atom is 0.262 e. The number of carbonyl (C=O) groups excluding carboxylic acids is 1. The minimum atomic E-state index is -0.266. The summed E-state index contributed by atoms with van der Waals surface area (Å²) in [6.07, 6.45) is 3.43. The van der Waals surface area contributed by atoms with Gasteiger partial charge in [0.25, 0.3) is 5.56 Å². The highest BCUT2D eigenvalue weighted by Crippen LogP contribution is 2.34. The Labute approximate surface area is 179 Å². The van der Waals surface area contributed by atoms with Gasteiger partial charge in [-0.1, -0.05) is 60.7 Å². The summed E-state index contributed by atoms with van der Waals surface area (Å²) in [6.45, 7) is 0.637. The van der Waals surface area contributed by atoms with Crippen molar-refractivity contribution >= 4 is 22.8 Å². The molecule has 5 rings (SSSR count). The van der Waals surface area contributed by atoms with E-state index in [2.05, 4.69) is 32.4 Å². The molecule has 2 N–H and O–H groups in total.